The van der Waals surface area contributed by atoms with Crippen molar-refractivity contribution in [2.45, 2.75) is 13.0 Å². The molecule has 0 aliphatic heterocycles. The van der Waals surface area contributed by atoms with Gasteiger partial charge in [-0.3, -0.25) is 0 Å². The summed E-state index contributed by atoms with van der Waals surface area (Å²) in [6, 6.07) is 17.2. The largest absolute Gasteiger partial charge is 0.748 e. The highest BCUT2D eigenvalue weighted by Gasteiger charge is 2.12. The second-order valence-corrected chi connectivity index (χ2v) is 9.56. The number of para-hydroxylation sites is 1. The minimum Gasteiger partial charge on any atom is -0.748 e. The van der Waals surface area contributed by atoms with Crippen molar-refractivity contribution < 1.29 is 22.0 Å². The van der Waals surface area contributed by atoms with Crippen LogP contribution in [0.1, 0.15) is 17.5 Å². The number of benzene rings is 2. The number of fused-ring (bicyclic) bond motifs is 2. The topological polar surface area (TPSA) is 94.5 Å². The average Bonchev–Trinajstić information content (AvgIpc) is 2.77. The highest BCUT2D eigenvalue weighted by Crippen LogP contribution is 2.22. The van der Waals surface area contributed by atoms with Crippen molar-refractivity contribution in [1.29, 1.82) is 0 Å². The van der Waals surface area contributed by atoms with E-state index in [1.165, 1.54) is 0 Å². The van der Waals surface area contributed by atoms with Gasteiger partial charge in [0, 0.05) is 55.5 Å². The molecular weight excluding hydrogens is 440 g/mol. The number of rotatable bonds is 7. The van der Waals surface area contributed by atoms with Crippen molar-refractivity contribution in [2.24, 2.45) is 0 Å². The molecule has 2 aromatic heterocycles. The molecular formula is C25H24N2O5S. The zero-order valence-corrected chi connectivity index (χ0v) is 19.2. The molecule has 0 bridgehead atoms. The van der Waals surface area contributed by atoms with E-state index in [4.69, 9.17) is 4.42 Å². The van der Waals surface area contributed by atoms with E-state index >= 15 is 0 Å². The molecule has 0 unspecified atom stereocenters. The van der Waals surface area contributed by atoms with Crippen LogP contribution < -0.4 is 15.1 Å². The summed E-state index contributed by atoms with van der Waals surface area (Å²) in [5, 5.41) is 1.78. The quantitative estimate of drug-likeness (QED) is 0.236. The van der Waals surface area contributed by atoms with Crippen LogP contribution in [0.3, 0.4) is 0 Å². The van der Waals surface area contributed by atoms with Crippen molar-refractivity contribution in [3.05, 3.63) is 82.3 Å². The summed E-state index contributed by atoms with van der Waals surface area (Å²) in [4.78, 5) is 14.5. The van der Waals surface area contributed by atoms with E-state index in [-0.39, 0.29) is 6.42 Å². The molecule has 8 heteroatoms. The molecule has 0 spiro atoms. The van der Waals surface area contributed by atoms with Crippen molar-refractivity contribution in [3.8, 4) is 0 Å². The second kappa shape index (κ2) is 9.17. The van der Waals surface area contributed by atoms with Gasteiger partial charge in [0.25, 0.3) is 0 Å². The van der Waals surface area contributed by atoms with Crippen molar-refractivity contribution in [2.75, 3.05) is 24.7 Å². The van der Waals surface area contributed by atoms with Gasteiger partial charge in [-0.2, -0.15) is 4.57 Å². The van der Waals surface area contributed by atoms with Crippen LogP contribution in [0.5, 0.6) is 0 Å². The lowest BCUT2D eigenvalue weighted by atomic mass is 10.1. The molecule has 33 heavy (non-hydrogen) atoms. The minimum absolute atomic E-state index is 0.239. The lowest BCUT2D eigenvalue weighted by molar-refractivity contribution is -0.671. The maximum Gasteiger partial charge on any atom is 0.343 e. The number of pyridine rings is 1. The molecule has 7 nitrogen and oxygen atoms in total. The van der Waals surface area contributed by atoms with E-state index in [0.29, 0.717) is 17.7 Å². The molecule has 0 amide bonds. The summed E-state index contributed by atoms with van der Waals surface area (Å²) in [6.45, 7) is 0.412. The molecule has 0 saturated heterocycles. The number of aryl methyl sites for hydroxylation is 1. The van der Waals surface area contributed by atoms with E-state index in [9.17, 15) is 17.8 Å². The number of nitrogens with zero attached hydrogens (tertiary/aromatic N) is 2. The lowest BCUT2D eigenvalue weighted by Gasteiger charge is -2.12. The smallest absolute Gasteiger partial charge is 0.343 e. The highest BCUT2D eigenvalue weighted by molar-refractivity contribution is 7.85. The van der Waals surface area contributed by atoms with Crippen LogP contribution in [0.15, 0.2) is 70.0 Å². The summed E-state index contributed by atoms with van der Waals surface area (Å²) in [5.41, 5.74) is 3.33. The molecule has 170 valence electrons. The van der Waals surface area contributed by atoms with Crippen LogP contribution in [0, 0.1) is 0 Å². The Morgan fingerprint density at radius 1 is 1.03 bits per heavy atom. The molecule has 2 heterocycles. The monoisotopic (exact) mass is 464 g/mol. The minimum atomic E-state index is -4.24. The number of anilines is 1. The van der Waals surface area contributed by atoms with Gasteiger partial charge >= 0.3 is 5.63 Å². The molecule has 0 N–H and O–H groups in total. The van der Waals surface area contributed by atoms with Gasteiger partial charge in [-0.05, 0) is 35.9 Å². The van der Waals surface area contributed by atoms with Crippen LogP contribution in [-0.2, 0) is 16.7 Å². The van der Waals surface area contributed by atoms with Gasteiger partial charge in [0.1, 0.15) is 12.1 Å². The van der Waals surface area contributed by atoms with Crippen molar-refractivity contribution in [1.82, 2.24) is 0 Å². The van der Waals surface area contributed by atoms with Gasteiger partial charge < -0.3 is 13.9 Å². The van der Waals surface area contributed by atoms with Gasteiger partial charge in [0.05, 0.1) is 21.1 Å². The Labute approximate surface area is 192 Å². The van der Waals surface area contributed by atoms with Crippen molar-refractivity contribution in [3.63, 3.8) is 0 Å². The standard InChI is InChI=1S/C25H24N2O5S/c1-26(2)21-11-10-19-16-20(25(28)32-24(19)17-21)9-8-18-12-14-27(13-5-15-33(29,30)31)23-7-4-3-6-22(18)23/h3-4,6-12,14,16-17H,5,13,15H2,1-2H3. The summed E-state index contributed by atoms with van der Waals surface area (Å²) < 4.78 is 40.2. The summed E-state index contributed by atoms with van der Waals surface area (Å²) in [6.07, 6.45) is 5.69. The fourth-order valence-corrected chi connectivity index (χ4v) is 4.23. The first-order valence-electron chi connectivity index (χ1n) is 10.5. The highest BCUT2D eigenvalue weighted by atomic mass is 32.2. The van der Waals surface area contributed by atoms with Gasteiger partial charge in [0.2, 0.25) is 5.52 Å². The Bertz CT molecular complexity index is 1520. The summed E-state index contributed by atoms with van der Waals surface area (Å²) >= 11 is 0. The molecule has 4 aromatic rings. The molecule has 0 aliphatic rings. The first-order valence-corrected chi connectivity index (χ1v) is 12.1. The molecule has 2 aromatic carbocycles. The van der Waals surface area contributed by atoms with Gasteiger partial charge in [0.15, 0.2) is 6.20 Å². The Hall–Kier alpha value is -3.49. The predicted octanol–water partition coefficient (Wildman–Crippen LogP) is 3.41. The Morgan fingerprint density at radius 3 is 2.55 bits per heavy atom. The maximum atomic E-state index is 12.5. The van der Waals surface area contributed by atoms with E-state index in [0.717, 1.165) is 27.5 Å². The van der Waals surface area contributed by atoms with E-state index in [1.54, 1.807) is 6.08 Å². The van der Waals surface area contributed by atoms with E-state index < -0.39 is 21.5 Å². The van der Waals surface area contributed by atoms with Crippen LogP contribution in [0.4, 0.5) is 5.69 Å². The Kier molecular flexibility index (Phi) is 6.31. The Morgan fingerprint density at radius 2 is 1.79 bits per heavy atom. The van der Waals surface area contributed by atoms with Crippen LogP contribution >= 0.6 is 0 Å². The van der Waals surface area contributed by atoms with Gasteiger partial charge in [-0.15, -0.1) is 0 Å². The van der Waals surface area contributed by atoms with Crippen molar-refractivity contribution >= 4 is 49.8 Å². The molecule has 0 radical (unpaired) electrons. The normalized spacial score (nSPS) is 12.1. The predicted molar refractivity (Wildman–Crippen MR) is 129 cm³/mol. The molecule has 0 fully saturated rings. The van der Waals surface area contributed by atoms with Crippen LogP contribution in [0.2, 0.25) is 0 Å². The molecule has 0 saturated carbocycles. The first kappa shape index (κ1) is 22.7. The number of hydrogen-bond donors (Lipinski definition) is 0. The summed E-state index contributed by atoms with van der Waals surface area (Å²) in [5.74, 6) is -0.399. The summed E-state index contributed by atoms with van der Waals surface area (Å²) in [7, 11) is -0.384. The second-order valence-electron chi connectivity index (χ2n) is 8.04. The van der Waals surface area contributed by atoms with E-state index in [1.807, 2.05) is 90.4 Å². The van der Waals surface area contributed by atoms with Crippen LogP contribution in [0.25, 0.3) is 34.0 Å². The zero-order chi connectivity index (χ0) is 23.6. The number of aromatic nitrogens is 1. The van der Waals surface area contributed by atoms with Gasteiger partial charge in [-0.1, -0.05) is 18.2 Å². The molecule has 0 aliphatic carbocycles. The third kappa shape index (κ3) is 5.30. The van der Waals surface area contributed by atoms with Crippen LogP contribution in [-0.4, -0.2) is 32.8 Å². The average molecular weight is 465 g/mol. The van der Waals surface area contributed by atoms with Gasteiger partial charge in [-0.25, -0.2) is 13.2 Å². The third-order valence-corrected chi connectivity index (χ3v) is 6.25. The Balaban J connectivity index is 1.66. The lowest BCUT2D eigenvalue weighted by Crippen LogP contribution is -2.35. The fourth-order valence-electron chi connectivity index (χ4n) is 3.75. The number of hydrogen-bond acceptors (Lipinski definition) is 6. The third-order valence-electron chi connectivity index (χ3n) is 5.46. The fraction of sp³-hybridized carbons (Fsp3) is 0.200. The zero-order valence-electron chi connectivity index (χ0n) is 18.4. The first-order chi connectivity index (χ1) is 15.7. The molecule has 4 rings (SSSR count). The molecule has 0 atom stereocenters. The van der Waals surface area contributed by atoms with E-state index in [2.05, 4.69) is 0 Å². The maximum absolute atomic E-state index is 12.5. The SMILES string of the molecule is CN(C)c1ccc2cc(/C=C/c3cc[n+](CCCS(=O)(=O)[O-])c4ccccc34)c(=O)oc2c1.